The van der Waals surface area contributed by atoms with E-state index in [1.54, 1.807) is 0 Å². The summed E-state index contributed by atoms with van der Waals surface area (Å²) in [5.41, 5.74) is 0.461. The van der Waals surface area contributed by atoms with Gasteiger partial charge in [-0.25, -0.2) is 13.1 Å². The van der Waals surface area contributed by atoms with Crippen molar-refractivity contribution in [2.75, 3.05) is 6.54 Å². The van der Waals surface area contributed by atoms with E-state index < -0.39 is 10.0 Å². The highest BCUT2D eigenvalue weighted by molar-refractivity contribution is 7.89. The first-order valence-corrected chi connectivity index (χ1v) is 8.79. The van der Waals surface area contributed by atoms with Crippen molar-refractivity contribution in [3.05, 3.63) is 29.8 Å². The van der Waals surface area contributed by atoms with Crippen LogP contribution in [0.5, 0.6) is 0 Å². The number of carbonyl (C=O) groups excluding carboxylic acids is 1. The quantitative estimate of drug-likeness (QED) is 0.723. The van der Waals surface area contributed by atoms with E-state index >= 15 is 0 Å². The van der Waals surface area contributed by atoms with Gasteiger partial charge in [0.1, 0.15) is 0 Å². The topological polar surface area (TPSA) is 75.3 Å². The zero-order chi connectivity index (χ0) is 15.9. The Morgan fingerprint density at radius 3 is 2.33 bits per heavy atom. The molecule has 0 saturated carbocycles. The Hall–Kier alpha value is -1.40. The molecule has 21 heavy (non-hydrogen) atoms. The van der Waals surface area contributed by atoms with Crippen LogP contribution in [0.15, 0.2) is 29.2 Å². The van der Waals surface area contributed by atoms with Gasteiger partial charge in [0.25, 0.3) is 5.91 Å². The second-order valence-electron chi connectivity index (χ2n) is 5.06. The first kappa shape index (κ1) is 17.7. The van der Waals surface area contributed by atoms with E-state index in [4.69, 9.17) is 0 Å². The number of sulfonamides is 1. The monoisotopic (exact) mass is 312 g/mol. The number of carbonyl (C=O) groups is 1. The molecule has 6 heteroatoms. The normalized spacial score (nSPS) is 12.9. The third-order valence-corrected chi connectivity index (χ3v) is 4.72. The summed E-state index contributed by atoms with van der Waals surface area (Å²) >= 11 is 0. The molecule has 0 aliphatic rings. The maximum absolute atomic E-state index is 12.0. The largest absolute Gasteiger partial charge is 0.350 e. The highest BCUT2D eigenvalue weighted by Crippen LogP contribution is 2.11. The van der Waals surface area contributed by atoms with Gasteiger partial charge >= 0.3 is 0 Å². The van der Waals surface area contributed by atoms with E-state index in [1.807, 2.05) is 20.8 Å². The third-order valence-electron chi connectivity index (χ3n) is 3.24. The van der Waals surface area contributed by atoms with Crippen LogP contribution in [-0.4, -0.2) is 26.9 Å². The van der Waals surface area contributed by atoms with Crippen LogP contribution in [-0.2, 0) is 10.0 Å². The van der Waals surface area contributed by atoms with Gasteiger partial charge in [-0.3, -0.25) is 4.79 Å². The van der Waals surface area contributed by atoms with Crippen molar-refractivity contribution in [1.29, 1.82) is 0 Å². The molecule has 0 heterocycles. The number of benzene rings is 1. The Balaban J connectivity index is 2.75. The lowest BCUT2D eigenvalue weighted by Crippen LogP contribution is -2.32. The van der Waals surface area contributed by atoms with Gasteiger partial charge in [-0.2, -0.15) is 0 Å². The first-order valence-electron chi connectivity index (χ1n) is 7.31. The SMILES string of the molecule is CCCCNS(=O)(=O)c1ccc(C(=O)NC(C)CC)cc1. The summed E-state index contributed by atoms with van der Waals surface area (Å²) in [5, 5.41) is 2.84. The van der Waals surface area contributed by atoms with E-state index in [2.05, 4.69) is 10.0 Å². The average Bonchev–Trinajstić information content (AvgIpc) is 2.47. The minimum Gasteiger partial charge on any atom is -0.350 e. The number of nitrogens with one attached hydrogen (secondary N) is 2. The fraction of sp³-hybridized carbons (Fsp3) is 0.533. The van der Waals surface area contributed by atoms with Crippen LogP contribution in [0.4, 0.5) is 0 Å². The molecule has 118 valence electrons. The number of rotatable bonds is 8. The van der Waals surface area contributed by atoms with Crippen molar-refractivity contribution in [1.82, 2.24) is 10.0 Å². The summed E-state index contributed by atoms with van der Waals surface area (Å²) in [6, 6.07) is 6.08. The molecule has 1 rings (SSSR count). The molecule has 1 amide bonds. The smallest absolute Gasteiger partial charge is 0.251 e. The molecule has 1 atom stereocenters. The van der Waals surface area contributed by atoms with Gasteiger partial charge in [0.15, 0.2) is 0 Å². The second-order valence-corrected chi connectivity index (χ2v) is 6.83. The standard InChI is InChI=1S/C15H24N2O3S/c1-4-6-11-16-21(19,20)14-9-7-13(8-10-14)15(18)17-12(3)5-2/h7-10,12,16H,4-6,11H2,1-3H3,(H,17,18). The van der Waals surface area contributed by atoms with E-state index in [9.17, 15) is 13.2 Å². The molecule has 0 radical (unpaired) electrons. The van der Waals surface area contributed by atoms with Crippen LogP contribution in [0.3, 0.4) is 0 Å². The van der Waals surface area contributed by atoms with Crippen molar-refractivity contribution in [3.8, 4) is 0 Å². The lowest BCUT2D eigenvalue weighted by Gasteiger charge is -2.11. The summed E-state index contributed by atoms with van der Waals surface area (Å²) in [6.07, 6.45) is 2.57. The Kier molecular flexibility index (Phi) is 6.84. The van der Waals surface area contributed by atoms with Crippen LogP contribution in [0, 0.1) is 0 Å². The maximum Gasteiger partial charge on any atom is 0.251 e. The first-order chi connectivity index (χ1) is 9.90. The summed E-state index contributed by atoms with van der Waals surface area (Å²) in [7, 11) is -3.48. The highest BCUT2D eigenvalue weighted by Gasteiger charge is 2.14. The highest BCUT2D eigenvalue weighted by atomic mass is 32.2. The third kappa shape index (κ3) is 5.47. The molecular weight excluding hydrogens is 288 g/mol. The van der Waals surface area contributed by atoms with Gasteiger partial charge in [0.2, 0.25) is 10.0 Å². The van der Waals surface area contributed by atoms with E-state index in [0.717, 1.165) is 19.3 Å². The predicted octanol–water partition coefficient (Wildman–Crippen LogP) is 2.29. The van der Waals surface area contributed by atoms with Crippen molar-refractivity contribution < 1.29 is 13.2 Å². The molecule has 0 saturated heterocycles. The minimum atomic E-state index is -3.48. The summed E-state index contributed by atoms with van der Waals surface area (Å²) in [4.78, 5) is 12.1. The average molecular weight is 312 g/mol. The van der Waals surface area contributed by atoms with Crippen molar-refractivity contribution in [3.63, 3.8) is 0 Å². The Labute approximate surface area is 127 Å². The predicted molar refractivity (Wildman–Crippen MR) is 83.8 cm³/mol. The lowest BCUT2D eigenvalue weighted by molar-refractivity contribution is 0.0939. The molecule has 0 spiro atoms. The lowest BCUT2D eigenvalue weighted by atomic mass is 10.2. The van der Waals surface area contributed by atoms with Crippen molar-refractivity contribution in [2.24, 2.45) is 0 Å². The van der Waals surface area contributed by atoms with E-state index in [1.165, 1.54) is 24.3 Å². The molecule has 0 aromatic heterocycles. The molecule has 0 fully saturated rings. The number of amides is 1. The summed E-state index contributed by atoms with van der Waals surface area (Å²) in [5.74, 6) is -0.188. The zero-order valence-corrected chi connectivity index (χ0v) is 13.7. The molecule has 2 N–H and O–H groups in total. The fourth-order valence-corrected chi connectivity index (χ4v) is 2.74. The molecule has 5 nitrogen and oxygen atoms in total. The molecular formula is C15H24N2O3S. The van der Waals surface area contributed by atoms with Crippen molar-refractivity contribution >= 4 is 15.9 Å². The van der Waals surface area contributed by atoms with Gasteiger partial charge in [0, 0.05) is 18.2 Å². The Morgan fingerprint density at radius 1 is 1.19 bits per heavy atom. The van der Waals surface area contributed by atoms with E-state index in [0.29, 0.717) is 12.1 Å². The van der Waals surface area contributed by atoms with E-state index in [-0.39, 0.29) is 16.8 Å². The molecule has 0 aliphatic heterocycles. The minimum absolute atomic E-state index is 0.0941. The zero-order valence-electron chi connectivity index (χ0n) is 12.8. The number of hydrogen-bond donors (Lipinski definition) is 2. The maximum atomic E-state index is 12.0. The fourth-order valence-electron chi connectivity index (χ4n) is 1.66. The number of hydrogen-bond acceptors (Lipinski definition) is 3. The van der Waals surface area contributed by atoms with Gasteiger partial charge in [-0.05, 0) is 44.0 Å². The van der Waals surface area contributed by atoms with Crippen LogP contribution >= 0.6 is 0 Å². The second kappa shape index (κ2) is 8.14. The van der Waals surface area contributed by atoms with Crippen molar-refractivity contribution in [2.45, 2.75) is 51.0 Å². The van der Waals surface area contributed by atoms with Gasteiger partial charge in [-0.15, -0.1) is 0 Å². The van der Waals surface area contributed by atoms with Crippen LogP contribution in [0.25, 0.3) is 0 Å². The van der Waals surface area contributed by atoms with Gasteiger partial charge < -0.3 is 5.32 Å². The van der Waals surface area contributed by atoms with Crippen LogP contribution in [0.2, 0.25) is 0 Å². The molecule has 1 aromatic carbocycles. The summed E-state index contributed by atoms with van der Waals surface area (Å²) < 4.78 is 26.5. The Morgan fingerprint density at radius 2 is 1.81 bits per heavy atom. The molecule has 0 aliphatic carbocycles. The molecule has 1 aromatic rings. The number of unbranched alkanes of at least 4 members (excludes halogenated alkanes) is 1. The summed E-state index contributed by atoms with van der Waals surface area (Å²) in [6.45, 7) is 6.34. The Bertz CT molecular complexity index is 553. The van der Waals surface area contributed by atoms with Crippen LogP contribution < -0.4 is 10.0 Å². The molecule has 1 unspecified atom stereocenters. The van der Waals surface area contributed by atoms with Gasteiger partial charge in [0.05, 0.1) is 4.90 Å². The molecule has 0 bridgehead atoms. The van der Waals surface area contributed by atoms with Gasteiger partial charge in [-0.1, -0.05) is 20.3 Å². The van der Waals surface area contributed by atoms with Crippen LogP contribution in [0.1, 0.15) is 50.4 Å².